The van der Waals surface area contributed by atoms with Crippen molar-refractivity contribution in [1.82, 2.24) is 0 Å². The van der Waals surface area contributed by atoms with Crippen LogP contribution < -0.4 is 9.47 Å². The maximum atomic E-state index is 12.8. The molecule has 5 heteroatoms. The van der Waals surface area contributed by atoms with Crippen molar-refractivity contribution in [1.29, 1.82) is 0 Å². The van der Waals surface area contributed by atoms with Crippen LogP contribution >= 0.6 is 31.9 Å². The highest BCUT2D eigenvalue weighted by atomic mass is 79.9. The molecule has 0 saturated heterocycles. The van der Waals surface area contributed by atoms with Crippen LogP contribution in [0.5, 0.6) is 11.5 Å². The van der Waals surface area contributed by atoms with Crippen molar-refractivity contribution in [3.8, 4) is 11.5 Å². The lowest BCUT2D eigenvalue weighted by molar-refractivity contribution is 0.103. The molecule has 110 valence electrons. The van der Waals surface area contributed by atoms with Gasteiger partial charge in [0.05, 0.1) is 19.8 Å². The van der Waals surface area contributed by atoms with E-state index in [0.29, 0.717) is 27.1 Å². The highest BCUT2D eigenvalue weighted by Gasteiger charge is 2.21. The van der Waals surface area contributed by atoms with E-state index in [4.69, 9.17) is 9.47 Å². The summed E-state index contributed by atoms with van der Waals surface area (Å²) in [5.74, 6) is 0.982. The lowest BCUT2D eigenvalue weighted by atomic mass is 10.0. The number of carbonyl (C=O) groups is 1. The number of methoxy groups -OCH3 is 2. The lowest BCUT2D eigenvalue weighted by Crippen LogP contribution is -2.07. The molecule has 0 amide bonds. The van der Waals surface area contributed by atoms with Crippen LogP contribution in [0.25, 0.3) is 0 Å². The number of hydrogen-bond acceptors (Lipinski definition) is 3. The van der Waals surface area contributed by atoms with Crippen molar-refractivity contribution >= 4 is 37.6 Å². The number of hydrogen-bond donors (Lipinski definition) is 0. The Morgan fingerprint density at radius 1 is 1.10 bits per heavy atom. The molecule has 21 heavy (non-hydrogen) atoms. The zero-order chi connectivity index (χ0) is 15.6. The highest BCUT2D eigenvalue weighted by molar-refractivity contribution is 9.11. The minimum Gasteiger partial charge on any atom is -0.497 e. The van der Waals surface area contributed by atoms with E-state index in [0.717, 1.165) is 10.0 Å². The Hall–Kier alpha value is -1.33. The van der Waals surface area contributed by atoms with Gasteiger partial charge in [-0.3, -0.25) is 4.79 Å². The van der Waals surface area contributed by atoms with Gasteiger partial charge in [0.1, 0.15) is 11.5 Å². The molecule has 2 rings (SSSR count). The van der Waals surface area contributed by atoms with Gasteiger partial charge in [0.2, 0.25) is 0 Å². The van der Waals surface area contributed by atoms with E-state index in [-0.39, 0.29) is 5.78 Å². The summed E-state index contributed by atoms with van der Waals surface area (Å²) in [5.41, 5.74) is 2.08. The fourth-order valence-electron chi connectivity index (χ4n) is 2.01. The Kier molecular flexibility index (Phi) is 5.06. The second-order valence-corrected chi connectivity index (χ2v) is 6.10. The average molecular weight is 414 g/mol. The molecule has 0 radical (unpaired) electrons. The number of carbonyl (C=O) groups excluding carboxylic acids is 1. The van der Waals surface area contributed by atoms with Gasteiger partial charge in [-0.15, -0.1) is 0 Å². The third kappa shape index (κ3) is 3.14. The third-order valence-electron chi connectivity index (χ3n) is 3.15. The molecule has 0 aliphatic rings. The van der Waals surface area contributed by atoms with Gasteiger partial charge in [-0.1, -0.05) is 12.1 Å². The molecule has 0 bridgehead atoms. The van der Waals surface area contributed by atoms with E-state index in [2.05, 4.69) is 31.9 Å². The van der Waals surface area contributed by atoms with Crippen molar-refractivity contribution in [3.63, 3.8) is 0 Å². The predicted octanol–water partition coefficient (Wildman–Crippen LogP) is 4.77. The highest BCUT2D eigenvalue weighted by Crippen LogP contribution is 2.35. The van der Waals surface area contributed by atoms with Gasteiger partial charge >= 0.3 is 0 Å². The normalized spacial score (nSPS) is 10.3. The maximum Gasteiger partial charge on any atom is 0.199 e. The average Bonchev–Trinajstić information content (AvgIpc) is 2.48. The first kappa shape index (κ1) is 16.0. The fourth-order valence-corrected chi connectivity index (χ4v) is 3.06. The Bertz CT molecular complexity index is 696. The predicted molar refractivity (Wildman–Crippen MR) is 89.6 cm³/mol. The van der Waals surface area contributed by atoms with E-state index in [1.54, 1.807) is 25.3 Å². The summed E-state index contributed by atoms with van der Waals surface area (Å²) in [7, 11) is 3.10. The summed E-state index contributed by atoms with van der Waals surface area (Å²) in [5, 5.41) is 0. The summed E-state index contributed by atoms with van der Waals surface area (Å²) in [6.07, 6.45) is 0. The molecular formula is C16H14Br2O3. The van der Waals surface area contributed by atoms with Crippen LogP contribution in [-0.2, 0) is 0 Å². The van der Waals surface area contributed by atoms with E-state index < -0.39 is 0 Å². The maximum absolute atomic E-state index is 12.8. The topological polar surface area (TPSA) is 35.5 Å². The van der Waals surface area contributed by atoms with Crippen LogP contribution in [0.15, 0.2) is 39.3 Å². The smallest absolute Gasteiger partial charge is 0.199 e. The minimum atomic E-state index is -0.114. The molecule has 2 aromatic carbocycles. The van der Waals surface area contributed by atoms with Crippen molar-refractivity contribution < 1.29 is 14.3 Å². The molecule has 0 heterocycles. The standard InChI is InChI=1S/C16H14Br2O3/c1-9-5-4-6-11(15(9)18)16(19)14-12(17)7-10(20-2)8-13(14)21-3/h4-8H,1-3H3. The van der Waals surface area contributed by atoms with E-state index in [1.165, 1.54) is 7.11 Å². The van der Waals surface area contributed by atoms with Gasteiger partial charge in [0.15, 0.2) is 5.78 Å². The van der Waals surface area contributed by atoms with E-state index in [9.17, 15) is 4.79 Å². The van der Waals surface area contributed by atoms with E-state index >= 15 is 0 Å². The van der Waals surface area contributed by atoms with Crippen LogP contribution in [-0.4, -0.2) is 20.0 Å². The largest absolute Gasteiger partial charge is 0.497 e. The zero-order valence-corrected chi connectivity index (χ0v) is 15.0. The SMILES string of the molecule is COc1cc(Br)c(C(=O)c2cccc(C)c2Br)c(OC)c1. The molecule has 2 aromatic rings. The fraction of sp³-hybridized carbons (Fsp3) is 0.188. The lowest BCUT2D eigenvalue weighted by Gasteiger charge is -2.13. The van der Waals surface area contributed by atoms with Crippen LogP contribution in [0.3, 0.4) is 0 Å². The van der Waals surface area contributed by atoms with Gasteiger partial charge in [0.25, 0.3) is 0 Å². The number of ketones is 1. The van der Waals surface area contributed by atoms with Crippen LogP contribution in [0.1, 0.15) is 21.5 Å². The molecule has 0 atom stereocenters. The molecule has 0 saturated carbocycles. The Morgan fingerprint density at radius 3 is 2.43 bits per heavy atom. The Labute approximate surface area is 140 Å². The quantitative estimate of drug-likeness (QED) is 0.677. The zero-order valence-electron chi connectivity index (χ0n) is 11.9. The van der Waals surface area contributed by atoms with E-state index in [1.807, 2.05) is 19.1 Å². The first-order valence-corrected chi connectivity index (χ1v) is 7.79. The Morgan fingerprint density at radius 2 is 1.81 bits per heavy atom. The van der Waals surface area contributed by atoms with Crippen molar-refractivity contribution in [2.45, 2.75) is 6.92 Å². The summed E-state index contributed by atoms with van der Waals surface area (Å²) in [6.45, 7) is 1.95. The molecule has 0 aromatic heterocycles. The number of rotatable bonds is 4. The first-order valence-electron chi connectivity index (χ1n) is 6.21. The van der Waals surface area contributed by atoms with Crippen LogP contribution in [0.2, 0.25) is 0 Å². The van der Waals surface area contributed by atoms with Crippen LogP contribution in [0.4, 0.5) is 0 Å². The third-order valence-corrected chi connectivity index (χ3v) is 4.82. The minimum absolute atomic E-state index is 0.114. The second-order valence-electron chi connectivity index (χ2n) is 4.45. The molecule has 0 unspecified atom stereocenters. The molecule has 3 nitrogen and oxygen atoms in total. The first-order chi connectivity index (χ1) is 9.99. The Balaban J connectivity index is 2.60. The summed E-state index contributed by atoms with van der Waals surface area (Å²) in [6, 6.07) is 9.04. The molecule has 0 fully saturated rings. The second kappa shape index (κ2) is 6.62. The van der Waals surface area contributed by atoms with Gasteiger partial charge in [0, 0.05) is 20.6 Å². The molecule has 0 aliphatic heterocycles. The summed E-state index contributed by atoms with van der Waals surface area (Å²) < 4.78 is 12.0. The van der Waals surface area contributed by atoms with Gasteiger partial charge in [-0.25, -0.2) is 0 Å². The molecule has 0 N–H and O–H groups in total. The van der Waals surface area contributed by atoms with Gasteiger partial charge < -0.3 is 9.47 Å². The monoisotopic (exact) mass is 412 g/mol. The van der Waals surface area contributed by atoms with Crippen molar-refractivity contribution in [3.05, 3.63) is 56.0 Å². The van der Waals surface area contributed by atoms with Crippen LogP contribution in [0, 0.1) is 6.92 Å². The molecule has 0 aliphatic carbocycles. The van der Waals surface area contributed by atoms with Crippen molar-refractivity contribution in [2.75, 3.05) is 14.2 Å². The van der Waals surface area contributed by atoms with Gasteiger partial charge in [-0.2, -0.15) is 0 Å². The number of aryl methyl sites for hydroxylation is 1. The number of ether oxygens (including phenoxy) is 2. The molecule has 0 spiro atoms. The summed E-state index contributed by atoms with van der Waals surface area (Å²) in [4.78, 5) is 12.8. The molecular weight excluding hydrogens is 400 g/mol. The summed E-state index contributed by atoms with van der Waals surface area (Å²) >= 11 is 6.90. The van der Waals surface area contributed by atoms with Crippen molar-refractivity contribution in [2.24, 2.45) is 0 Å². The number of halogens is 2. The number of benzene rings is 2. The van der Waals surface area contributed by atoms with Gasteiger partial charge in [-0.05, 0) is 56.5 Å².